The average Bonchev–Trinajstić information content (AvgIpc) is 3.48. The Hall–Kier alpha value is -3.64. The van der Waals surface area contributed by atoms with Crippen LogP contribution in [0.25, 0.3) is 22.2 Å². The second-order valence-electron chi connectivity index (χ2n) is 7.91. The molecule has 0 unspecified atom stereocenters. The Kier molecular flexibility index (Phi) is 5.14. The highest BCUT2D eigenvalue weighted by Crippen LogP contribution is 2.30. The Morgan fingerprint density at radius 3 is 2.42 bits per heavy atom. The summed E-state index contributed by atoms with van der Waals surface area (Å²) in [5.41, 5.74) is 3.60. The molecule has 1 amide bonds. The van der Waals surface area contributed by atoms with Gasteiger partial charge in [0.2, 0.25) is 5.78 Å². The number of piperazine rings is 1. The molecule has 2 aromatic carbocycles. The Morgan fingerprint density at radius 1 is 0.935 bits per heavy atom. The summed E-state index contributed by atoms with van der Waals surface area (Å²) in [6, 6.07) is 21.3. The van der Waals surface area contributed by atoms with Crippen molar-refractivity contribution in [2.24, 2.45) is 0 Å². The molecule has 2 N–H and O–H groups in total. The molecular weight excluding hydrogens is 390 g/mol. The van der Waals surface area contributed by atoms with Crippen molar-refractivity contribution < 1.29 is 18.9 Å². The fourth-order valence-corrected chi connectivity index (χ4v) is 4.33. The first kappa shape index (κ1) is 19.3. The van der Waals surface area contributed by atoms with E-state index in [-0.39, 0.29) is 11.7 Å². The maximum absolute atomic E-state index is 13.4. The zero-order valence-electron chi connectivity index (χ0n) is 17.1. The van der Waals surface area contributed by atoms with Gasteiger partial charge < -0.3 is 19.2 Å². The Labute approximate surface area is 180 Å². The van der Waals surface area contributed by atoms with E-state index in [0.29, 0.717) is 25.4 Å². The number of nitrogens with zero attached hydrogens (tertiary/aromatic N) is 1. The van der Waals surface area contributed by atoms with Crippen molar-refractivity contribution in [1.82, 2.24) is 9.88 Å². The van der Waals surface area contributed by atoms with Gasteiger partial charge in [-0.25, -0.2) is 0 Å². The zero-order chi connectivity index (χ0) is 21.2. The lowest BCUT2D eigenvalue weighted by molar-refractivity contribution is -0.895. The number of carbonyl (C=O) groups is 2. The molecule has 1 saturated heterocycles. The first-order valence-electron chi connectivity index (χ1n) is 10.6. The average molecular weight is 414 g/mol. The topological polar surface area (TPSA) is 70.8 Å². The lowest BCUT2D eigenvalue weighted by atomic mass is 10.0. The molecule has 156 valence electrons. The first-order valence-corrected chi connectivity index (χ1v) is 10.6. The number of Topliss-reactive ketones (excluding diaryl/α,β-unsaturated/α-hetero) is 1. The summed E-state index contributed by atoms with van der Waals surface area (Å²) < 4.78 is 5.23. The van der Waals surface area contributed by atoms with Crippen LogP contribution >= 0.6 is 0 Å². The number of aromatic nitrogens is 1. The van der Waals surface area contributed by atoms with Gasteiger partial charge in [0.25, 0.3) is 5.91 Å². The van der Waals surface area contributed by atoms with Gasteiger partial charge in [0.05, 0.1) is 43.7 Å². The predicted molar refractivity (Wildman–Crippen MR) is 118 cm³/mol. The molecule has 0 aliphatic carbocycles. The molecule has 0 radical (unpaired) electrons. The standard InChI is InChI=1S/C25H23N3O3/c29-21(17-27-12-14-28(15-13-27)25(30)22-11-6-16-31-22)23-19-9-4-5-10-20(19)26-24(23)18-7-2-1-3-8-18/h1-11,16,26H,12-15,17H2/p+1. The van der Waals surface area contributed by atoms with Gasteiger partial charge in [-0.15, -0.1) is 0 Å². The smallest absolute Gasteiger partial charge is 0.289 e. The number of furan rings is 1. The van der Waals surface area contributed by atoms with Crippen molar-refractivity contribution in [1.29, 1.82) is 0 Å². The minimum Gasteiger partial charge on any atom is -0.459 e. The molecule has 31 heavy (non-hydrogen) atoms. The van der Waals surface area contributed by atoms with Gasteiger partial charge in [0.1, 0.15) is 6.54 Å². The number of para-hydroxylation sites is 1. The fraction of sp³-hybridized carbons (Fsp3) is 0.200. The van der Waals surface area contributed by atoms with E-state index < -0.39 is 0 Å². The molecule has 1 aliphatic heterocycles. The van der Waals surface area contributed by atoms with E-state index in [0.717, 1.165) is 40.8 Å². The molecule has 0 spiro atoms. The third kappa shape index (κ3) is 3.78. The second kappa shape index (κ2) is 8.24. The molecule has 3 heterocycles. The Morgan fingerprint density at radius 2 is 1.68 bits per heavy atom. The number of benzene rings is 2. The van der Waals surface area contributed by atoms with Crippen LogP contribution in [0, 0.1) is 0 Å². The van der Waals surface area contributed by atoms with Crippen molar-refractivity contribution in [3.05, 3.63) is 84.3 Å². The largest absolute Gasteiger partial charge is 0.459 e. The number of hydrogen-bond acceptors (Lipinski definition) is 3. The predicted octanol–water partition coefficient (Wildman–Crippen LogP) is 2.65. The van der Waals surface area contributed by atoms with Gasteiger partial charge in [-0.2, -0.15) is 0 Å². The van der Waals surface area contributed by atoms with Gasteiger partial charge in [0, 0.05) is 10.9 Å². The molecule has 6 nitrogen and oxygen atoms in total. The number of carbonyl (C=O) groups excluding carboxylic acids is 2. The van der Waals surface area contributed by atoms with Crippen molar-refractivity contribution in [2.45, 2.75) is 0 Å². The summed E-state index contributed by atoms with van der Waals surface area (Å²) >= 11 is 0. The van der Waals surface area contributed by atoms with Crippen LogP contribution in [0.15, 0.2) is 77.4 Å². The molecule has 1 fully saturated rings. The van der Waals surface area contributed by atoms with E-state index in [4.69, 9.17) is 4.42 Å². The third-order valence-electron chi connectivity index (χ3n) is 5.95. The van der Waals surface area contributed by atoms with E-state index in [9.17, 15) is 9.59 Å². The second-order valence-corrected chi connectivity index (χ2v) is 7.91. The number of fused-ring (bicyclic) bond motifs is 1. The first-order chi connectivity index (χ1) is 15.2. The summed E-state index contributed by atoms with van der Waals surface area (Å²) in [5, 5.41) is 0.956. The van der Waals surface area contributed by atoms with E-state index in [1.54, 1.807) is 17.0 Å². The van der Waals surface area contributed by atoms with Crippen LogP contribution in [-0.4, -0.2) is 54.3 Å². The monoisotopic (exact) mass is 414 g/mol. The van der Waals surface area contributed by atoms with Crippen LogP contribution in [-0.2, 0) is 0 Å². The van der Waals surface area contributed by atoms with Crippen LogP contribution in [0.3, 0.4) is 0 Å². The highest BCUT2D eigenvalue weighted by Gasteiger charge is 2.29. The minimum atomic E-state index is -0.0848. The summed E-state index contributed by atoms with van der Waals surface area (Å²) in [6.45, 7) is 3.11. The lowest BCUT2D eigenvalue weighted by Crippen LogP contribution is -3.15. The minimum absolute atomic E-state index is 0.0848. The fourth-order valence-electron chi connectivity index (χ4n) is 4.33. The van der Waals surface area contributed by atoms with Gasteiger partial charge in [-0.05, 0) is 23.8 Å². The highest BCUT2D eigenvalue weighted by molar-refractivity contribution is 6.13. The molecule has 0 atom stereocenters. The third-order valence-corrected chi connectivity index (χ3v) is 5.95. The van der Waals surface area contributed by atoms with E-state index in [2.05, 4.69) is 4.98 Å². The summed E-state index contributed by atoms with van der Waals surface area (Å²) in [4.78, 5) is 32.4. The number of quaternary nitrogens is 1. The number of H-pyrrole nitrogens is 1. The maximum Gasteiger partial charge on any atom is 0.289 e. The van der Waals surface area contributed by atoms with Crippen LogP contribution in [0.5, 0.6) is 0 Å². The number of ketones is 1. The van der Waals surface area contributed by atoms with E-state index >= 15 is 0 Å². The van der Waals surface area contributed by atoms with Crippen molar-refractivity contribution in [3.63, 3.8) is 0 Å². The van der Waals surface area contributed by atoms with Gasteiger partial charge in [-0.1, -0.05) is 48.5 Å². The molecular formula is C25H24N3O3+. The normalized spacial score (nSPS) is 14.8. The number of hydrogen-bond donors (Lipinski definition) is 2. The van der Waals surface area contributed by atoms with Crippen molar-refractivity contribution in [3.8, 4) is 11.3 Å². The summed E-state index contributed by atoms with van der Waals surface area (Å²) in [7, 11) is 0. The number of amides is 1. The van der Waals surface area contributed by atoms with Gasteiger partial charge >= 0.3 is 0 Å². The molecule has 0 saturated carbocycles. The lowest BCUT2D eigenvalue weighted by Gasteiger charge is -2.31. The van der Waals surface area contributed by atoms with E-state index in [1.807, 2.05) is 54.6 Å². The maximum atomic E-state index is 13.4. The zero-order valence-corrected chi connectivity index (χ0v) is 17.1. The molecule has 1 aliphatic rings. The SMILES string of the molecule is O=C(C[NH+]1CCN(C(=O)c2ccco2)CC1)c1c(-c2ccccc2)[nH]c2ccccc12. The van der Waals surface area contributed by atoms with Gasteiger partial charge in [-0.3, -0.25) is 9.59 Å². The summed E-state index contributed by atoms with van der Waals surface area (Å²) in [5.74, 6) is 0.404. The molecule has 6 heteroatoms. The van der Waals surface area contributed by atoms with Gasteiger partial charge in [0.15, 0.2) is 5.76 Å². The Balaban J connectivity index is 1.34. The van der Waals surface area contributed by atoms with E-state index in [1.165, 1.54) is 11.2 Å². The van der Waals surface area contributed by atoms with Crippen LogP contribution in [0.4, 0.5) is 0 Å². The molecule has 2 aromatic heterocycles. The summed E-state index contributed by atoms with van der Waals surface area (Å²) in [6.07, 6.45) is 1.51. The molecule has 5 rings (SSSR count). The number of rotatable bonds is 5. The van der Waals surface area contributed by atoms with Crippen LogP contribution in [0.1, 0.15) is 20.9 Å². The van der Waals surface area contributed by atoms with Crippen molar-refractivity contribution >= 4 is 22.6 Å². The Bertz CT molecular complexity index is 1200. The number of nitrogens with one attached hydrogen (secondary N) is 2. The van der Waals surface area contributed by atoms with Crippen molar-refractivity contribution in [2.75, 3.05) is 32.7 Å². The molecule has 4 aromatic rings. The van der Waals surface area contributed by atoms with Crippen LogP contribution in [0.2, 0.25) is 0 Å². The number of aromatic amines is 1. The van der Waals surface area contributed by atoms with Crippen LogP contribution < -0.4 is 4.90 Å². The highest BCUT2D eigenvalue weighted by atomic mass is 16.3. The quantitative estimate of drug-likeness (QED) is 0.493. The molecule has 0 bridgehead atoms.